The number of ether oxygens (including phenoxy) is 2. The fourth-order valence-electron chi connectivity index (χ4n) is 3.47. The third-order valence-corrected chi connectivity index (χ3v) is 6.10. The van der Waals surface area contributed by atoms with Gasteiger partial charge in [-0.3, -0.25) is 9.69 Å². The van der Waals surface area contributed by atoms with Gasteiger partial charge in [-0.15, -0.1) is 0 Å². The SMILES string of the molecule is CCc1ccc(C(=O)N2CCN(Cc3ccc(OC)c(OC)c3Br)CC2)cc1. The van der Waals surface area contributed by atoms with Crippen molar-refractivity contribution in [3.63, 3.8) is 0 Å². The number of rotatable bonds is 6. The highest BCUT2D eigenvalue weighted by Gasteiger charge is 2.23. The average Bonchev–Trinajstić information content (AvgIpc) is 2.75. The van der Waals surface area contributed by atoms with Crippen molar-refractivity contribution in [2.45, 2.75) is 19.9 Å². The van der Waals surface area contributed by atoms with Gasteiger partial charge in [-0.05, 0) is 51.7 Å². The van der Waals surface area contributed by atoms with Gasteiger partial charge in [0.1, 0.15) is 0 Å². The summed E-state index contributed by atoms with van der Waals surface area (Å²) in [5.74, 6) is 1.54. The standard InChI is InChI=1S/C22H27BrN2O3/c1-4-16-5-7-17(8-6-16)22(26)25-13-11-24(12-14-25)15-18-9-10-19(27-2)21(28-3)20(18)23/h5-10H,4,11-15H2,1-3H3. The first-order valence-electron chi connectivity index (χ1n) is 9.57. The zero-order valence-electron chi connectivity index (χ0n) is 16.7. The minimum atomic E-state index is 0.120. The van der Waals surface area contributed by atoms with E-state index in [2.05, 4.69) is 33.8 Å². The highest BCUT2D eigenvalue weighted by Crippen LogP contribution is 2.38. The van der Waals surface area contributed by atoms with Crippen molar-refractivity contribution in [1.82, 2.24) is 9.80 Å². The van der Waals surface area contributed by atoms with Gasteiger partial charge in [0.2, 0.25) is 0 Å². The van der Waals surface area contributed by atoms with Crippen LogP contribution < -0.4 is 9.47 Å². The monoisotopic (exact) mass is 446 g/mol. The predicted molar refractivity (Wildman–Crippen MR) is 114 cm³/mol. The van der Waals surface area contributed by atoms with E-state index >= 15 is 0 Å². The molecule has 0 radical (unpaired) electrons. The first-order chi connectivity index (χ1) is 13.6. The summed E-state index contributed by atoms with van der Waals surface area (Å²) in [7, 11) is 3.28. The quantitative estimate of drug-likeness (QED) is 0.672. The number of piperazine rings is 1. The molecule has 1 fully saturated rings. The zero-order chi connectivity index (χ0) is 20.1. The number of hydrogen-bond acceptors (Lipinski definition) is 4. The van der Waals surface area contributed by atoms with Gasteiger partial charge in [0.05, 0.1) is 18.7 Å². The van der Waals surface area contributed by atoms with Crippen LogP contribution >= 0.6 is 15.9 Å². The van der Waals surface area contributed by atoms with Crippen molar-refractivity contribution in [2.75, 3.05) is 40.4 Å². The third-order valence-electron chi connectivity index (χ3n) is 5.23. The first-order valence-corrected chi connectivity index (χ1v) is 10.4. The van der Waals surface area contributed by atoms with Crippen LogP contribution in [0.4, 0.5) is 0 Å². The lowest BCUT2D eigenvalue weighted by atomic mass is 10.1. The summed E-state index contributed by atoms with van der Waals surface area (Å²) in [6.45, 7) is 6.08. The van der Waals surface area contributed by atoms with E-state index in [0.29, 0.717) is 11.5 Å². The highest BCUT2D eigenvalue weighted by atomic mass is 79.9. The van der Waals surface area contributed by atoms with E-state index in [9.17, 15) is 4.79 Å². The van der Waals surface area contributed by atoms with E-state index in [0.717, 1.165) is 54.7 Å². The van der Waals surface area contributed by atoms with Crippen molar-refractivity contribution < 1.29 is 14.3 Å². The van der Waals surface area contributed by atoms with E-state index in [-0.39, 0.29) is 5.91 Å². The fourth-order valence-corrected chi connectivity index (χ4v) is 4.08. The number of carbonyl (C=O) groups is 1. The minimum absolute atomic E-state index is 0.120. The Morgan fingerprint density at radius 2 is 1.68 bits per heavy atom. The number of hydrogen-bond donors (Lipinski definition) is 0. The second-order valence-electron chi connectivity index (χ2n) is 6.89. The molecule has 28 heavy (non-hydrogen) atoms. The molecule has 0 unspecified atom stereocenters. The Morgan fingerprint density at radius 1 is 1.00 bits per heavy atom. The van der Waals surface area contributed by atoms with Crippen LogP contribution in [0.1, 0.15) is 28.4 Å². The smallest absolute Gasteiger partial charge is 0.253 e. The van der Waals surface area contributed by atoms with Crippen LogP contribution in [-0.2, 0) is 13.0 Å². The molecule has 5 nitrogen and oxygen atoms in total. The fraction of sp³-hybridized carbons (Fsp3) is 0.409. The highest BCUT2D eigenvalue weighted by molar-refractivity contribution is 9.10. The second kappa shape index (κ2) is 9.43. The maximum absolute atomic E-state index is 12.7. The minimum Gasteiger partial charge on any atom is -0.493 e. The van der Waals surface area contributed by atoms with Gasteiger partial charge < -0.3 is 14.4 Å². The molecule has 2 aromatic rings. The maximum Gasteiger partial charge on any atom is 0.253 e. The third kappa shape index (κ3) is 4.50. The Balaban J connectivity index is 1.60. The normalized spacial score (nSPS) is 14.8. The molecular weight excluding hydrogens is 420 g/mol. The first kappa shape index (κ1) is 20.7. The number of benzene rings is 2. The summed E-state index contributed by atoms with van der Waals surface area (Å²) >= 11 is 3.64. The van der Waals surface area contributed by atoms with Crippen LogP contribution in [-0.4, -0.2) is 56.1 Å². The van der Waals surface area contributed by atoms with Crippen molar-refractivity contribution in [3.8, 4) is 11.5 Å². The Labute approximate surface area is 175 Å². The molecule has 0 saturated carbocycles. The molecule has 6 heteroatoms. The summed E-state index contributed by atoms with van der Waals surface area (Å²) in [6, 6.07) is 11.9. The molecule has 0 spiro atoms. The van der Waals surface area contributed by atoms with Gasteiger partial charge >= 0.3 is 0 Å². The lowest BCUT2D eigenvalue weighted by molar-refractivity contribution is 0.0628. The molecule has 0 aromatic heterocycles. The van der Waals surface area contributed by atoms with Gasteiger partial charge in [0.25, 0.3) is 5.91 Å². The predicted octanol–water partition coefficient (Wildman–Crippen LogP) is 3.99. The number of nitrogens with zero attached hydrogens (tertiary/aromatic N) is 2. The molecule has 2 aromatic carbocycles. The summed E-state index contributed by atoms with van der Waals surface area (Å²) in [4.78, 5) is 17.0. The van der Waals surface area contributed by atoms with Crippen LogP contribution in [0, 0.1) is 0 Å². The average molecular weight is 447 g/mol. The Kier molecular flexibility index (Phi) is 6.97. The molecule has 1 aliphatic heterocycles. The molecule has 1 amide bonds. The molecule has 0 aliphatic carbocycles. The van der Waals surface area contributed by atoms with E-state index < -0.39 is 0 Å². The number of methoxy groups -OCH3 is 2. The Bertz CT molecular complexity index is 815. The lowest BCUT2D eigenvalue weighted by Gasteiger charge is -2.35. The summed E-state index contributed by atoms with van der Waals surface area (Å²) < 4.78 is 11.7. The van der Waals surface area contributed by atoms with E-state index in [4.69, 9.17) is 9.47 Å². The molecule has 1 aliphatic rings. The van der Waals surface area contributed by atoms with Gasteiger partial charge in [-0.25, -0.2) is 0 Å². The Hall–Kier alpha value is -2.05. The van der Waals surface area contributed by atoms with E-state index in [1.54, 1.807) is 14.2 Å². The zero-order valence-corrected chi connectivity index (χ0v) is 18.3. The van der Waals surface area contributed by atoms with Crippen molar-refractivity contribution in [3.05, 3.63) is 57.6 Å². The van der Waals surface area contributed by atoms with Crippen LogP contribution in [0.15, 0.2) is 40.9 Å². The van der Waals surface area contributed by atoms with Crippen molar-refractivity contribution in [2.24, 2.45) is 0 Å². The molecular formula is C22H27BrN2O3. The van der Waals surface area contributed by atoms with Gasteiger partial charge in [0.15, 0.2) is 11.5 Å². The number of carbonyl (C=O) groups excluding carboxylic acids is 1. The van der Waals surface area contributed by atoms with Crippen LogP contribution in [0.3, 0.4) is 0 Å². The molecule has 1 heterocycles. The number of aryl methyl sites for hydroxylation is 1. The molecule has 0 bridgehead atoms. The topological polar surface area (TPSA) is 42.0 Å². The molecule has 1 saturated heterocycles. The number of amides is 1. The van der Waals surface area contributed by atoms with E-state index in [1.807, 2.05) is 35.2 Å². The van der Waals surface area contributed by atoms with Crippen LogP contribution in [0.5, 0.6) is 11.5 Å². The van der Waals surface area contributed by atoms with Crippen LogP contribution in [0.25, 0.3) is 0 Å². The maximum atomic E-state index is 12.7. The summed E-state index contributed by atoms with van der Waals surface area (Å²) in [5.41, 5.74) is 3.17. The van der Waals surface area contributed by atoms with Gasteiger partial charge in [0, 0.05) is 38.3 Å². The molecule has 0 N–H and O–H groups in total. The van der Waals surface area contributed by atoms with E-state index in [1.165, 1.54) is 5.56 Å². The summed E-state index contributed by atoms with van der Waals surface area (Å²) in [5, 5.41) is 0. The Morgan fingerprint density at radius 3 is 2.25 bits per heavy atom. The van der Waals surface area contributed by atoms with Crippen LogP contribution in [0.2, 0.25) is 0 Å². The molecule has 0 atom stereocenters. The van der Waals surface area contributed by atoms with Gasteiger partial charge in [-0.2, -0.15) is 0 Å². The number of halogens is 1. The lowest BCUT2D eigenvalue weighted by Crippen LogP contribution is -2.48. The second-order valence-corrected chi connectivity index (χ2v) is 7.69. The molecule has 3 rings (SSSR count). The summed E-state index contributed by atoms with van der Waals surface area (Å²) in [6.07, 6.45) is 0.985. The largest absolute Gasteiger partial charge is 0.493 e. The van der Waals surface area contributed by atoms with Crippen molar-refractivity contribution >= 4 is 21.8 Å². The molecule has 150 valence electrons. The van der Waals surface area contributed by atoms with Crippen molar-refractivity contribution in [1.29, 1.82) is 0 Å². The van der Waals surface area contributed by atoms with Gasteiger partial charge in [-0.1, -0.05) is 25.1 Å².